The van der Waals surface area contributed by atoms with E-state index in [2.05, 4.69) is 48.8 Å². The summed E-state index contributed by atoms with van der Waals surface area (Å²) in [6, 6.07) is 7.02. The number of rotatable bonds is 4. The van der Waals surface area contributed by atoms with Crippen LogP contribution in [0, 0.1) is 0 Å². The molecule has 100 valence electrons. The fourth-order valence-electron chi connectivity index (χ4n) is 2.76. The van der Waals surface area contributed by atoms with Crippen LogP contribution in [-0.2, 0) is 12.8 Å². The molecule has 1 aromatic rings. The van der Waals surface area contributed by atoms with Gasteiger partial charge in [-0.25, -0.2) is 0 Å². The summed E-state index contributed by atoms with van der Waals surface area (Å²) in [7, 11) is 0. The summed E-state index contributed by atoms with van der Waals surface area (Å²) in [5, 5.41) is 0. The van der Waals surface area contributed by atoms with Crippen molar-refractivity contribution in [3.8, 4) is 0 Å². The van der Waals surface area contributed by atoms with Gasteiger partial charge in [-0.3, -0.25) is 0 Å². The van der Waals surface area contributed by atoms with Crippen molar-refractivity contribution < 1.29 is 0 Å². The number of piperazine rings is 1. The molecule has 0 radical (unpaired) electrons. The highest BCUT2D eigenvalue weighted by molar-refractivity contribution is 5.55. The molecule has 2 heteroatoms. The summed E-state index contributed by atoms with van der Waals surface area (Å²) in [4.78, 5) is 5.09. The lowest BCUT2D eigenvalue weighted by Crippen LogP contribution is -2.46. The molecule has 1 aliphatic heterocycles. The summed E-state index contributed by atoms with van der Waals surface area (Å²) < 4.78 is 0. The third-order valence-corrected chi connectivity index (χ3v) is 4.09. The molecule has 0 atom stereocenters. The predicted molar refractivity (Wildman–Crippen MR) is 79.5 cm³/mol. The van der Waals surface area contributed by atoms with E-state index in [1.165, 1.54) is 49.5 Å². The Morgan fingerprint density at radius 1 is 0.944 bits per heavy atom. The largest absolute Gasteiger partial charge is 0.369 e. The number of anilines is 1. The number of hydrogen-bond donors (Lipinski definition) is 0. The van der Waals surface area contributed by atoms with Crippen molar-refractivity contribution in [3.63, 3.8) is 0 Å². The fraction of sp³-hybridized carbons (Fsp3) is 0.625. The second kappa shape index (κ2) is 6.24. The van der Waals surface area contributed by atoms with Crippen molar-refractivity contribution in [1.82, 2.24) is 4.90 Å². The maximum Gasteiger partial charge on any atom is 0.0399 e. The van der Waals surface area contributed by atoms with Gasteiger partial charge in [0.1, 0.15) is 0 Å². The van der Waals surface area contributed by atoms with Gasteiger partial charge in [0.25, 0.3) is 0 Å². The fourth-order valence-corrected chi connectivity index (χ4v) is 2.76. The zero-order valence-corrected chi connectivity index (χ0v) is 12.1. The molecule has 2 rings (SSSR count). The molecule has 18 heavy (non-hydrogen) atoms. The van der Waals surface area contributed by atoms with E-state index < -0.39 is 0 Å². The van der Waals surface area contributed by atoms with Crippen LogP contribution in [0.4, 0.5) is 5.69 Å². The van der Waals surface area contributed by atoms with Crippen molar-refractivity contribution in [3.05, 3.63) is 29.3 Å². The van der Waals surface area contributed by atoms with Crippen molar-refractivity contribution in [2.75, 3.05) is 37.6 Å². The van der Waals surface area contributed by atoms with E-state index in [4.69, 9.17) is 0 Å². The van der Waals surface area contributed by atoms with E-state index >= 15 is 0 Å². The minimum absolute atomic E-state index is 1.14. The summed E-state index contributed by atoms with van der Waals surface area (Å²) in [5.41, 5.74) is 4.44. The summed E-state index contributed by atoms with van der Waals surface area (Å²) in [5.74, 6) is 0. The molecule has 1 heterocycles. The van der Waals surface area contributed by atoms with Crippen LogP contribution in [0.15, 0.2) is 18.2 Å². The number of nitrogens with zero attached hydrogens (tertiary/aromatic N) is 2. The van der Waals surface area contributed by atoms with Gasteiger partial charge in [-0.2, -0.15) is 0 Å². The van der Waals surface area contributed by atoms with Crippen LogP contribution in [0.1, 0.15) is 31.9 Å². The molecule has 0 aromatic heterocycles. The number of aryl methyl sites for hydroxylation is 2. The minimum Gasteiger partial charge on any atom is -0.369 e. The van der Waals surface area contributed by atoms with Crippen molar-refractivity contribution in [1.29, 1.82) is 0 Å². The Balaban J connectivity index is 2.13. The van der Waals surface area contributed by atoms with Gasteiger partial charge in [-0.1, -0.05) is 32.9 Å². The maximum absolute atomic E-state index is 2.56. The first kappa shape index (κ1) is 13.4. The number of benzene rings is 1. The molecule has 0 saturated carbocycles. The van der Waals surface area contributed by atoms with Gasteiger partial charge < -0.3 is 9.80 Å². The standard InChI is InChI=1S/C16H26N2/c1-4-14-7-8-16(15(5-2)13-14)18-11-9-17(6-3)10-12-18/h7-8,13H,4-6,9-12H2,1-3H3. The molecule has 0 aliphatic carbocycles. The molecule has 0 N–H and O–H groups in total. The average Bonchev–Trinajstić information content (AvgIpc) is 2.46. The summed E-state index contributed by atoms with van der Waals surface area (Å²) in [6.45, 7) is 12.7. The molecule has 2 nitrogen and oxygen atoms in total. The van der Waals surface area contributed by atoms with Crippen molar-refractivity contribution in [2.24, 2.45) is 0 Å². The molecule has 1 saturated heterocycles. The first-order chi connectivity index (χ1) is 8.78. The van der Waals surface area contributed by atoms with Crippen LogP contribution in [0.5, 0.6) is 0 Å². The van der Waals surface area contributed by atoms with Gasteiger partial charge in [-0.15, -0.1) is 0 Å². The van der Waals surface area contributed by atoms with E-state index in [9.17, 15) is 0 Å². The number of likely N-dealkylation sites (N-methyl/N-ethyl adjacent to an activating group) is 1. The molecular formula is C16H26N2. The van der Waals surface area contributed by atoms with Crippen LogP contribution >= 0.6 is 0 Å². The van der Waals surface area contributed by atoms with Crippen LogP contribution in [0.25, 0.3) is 0 Å². The normalized spacial score (nSPS) is 17.2. The average molecular weight is 246 g/mol. The van der Waals surface area contributed by atoms with Crippen molar-refractivity contribution >= 4 is 5.69 Å². The predicted octanol–water partition coefficient (Wildman–Crippen LogP) is 2.95. The van der Waals surface area contributed by atoms with Crippen LogP contribution in [0.2, 0.25) is 0 Å². The highest BCUT2D eigenvalue weighted by Crippen LogP contribution is 2.24. The monoisotopic (exact) mass is 246 g/mol. The Labute approximate surface area is 112 Å². The second-order valence-corrected chi connectivity index (χ2v) is 5.09. The Kier molecular flexibility index (Phi) is 4.65. The van der Waals surface area contributed by atoms with Gasteiger partial charge in [0.05, 0.1) is 0 Å². The van der Waals surface area contributed by atoms with E-state index in [0.717, 1.165) is 12.8 Å². The molecule has 0 amide bonds. The Morgan fingerprint density at radius 3 is 2.22 bits per heavy atom. The van der Waals surface area contributed by atoms with Gasteiger partial charge in [0, 0.05) is 31.9 Å². The first-order valence-corrected chi connectivity index (χ1v) is 7.37. The van der Waals surface area contributed by atoms with Gasteiger partial charge >= 0.3 is 0 Å². The van der Waals surface area contributed by atoms with Crippen LogP contribution in [-0.4, -0.2) is 37.6 Å². The Bertz CT molecular complexity index is 379. The lowest BCUT2D eigenvalue weighted by Gasteiger charge is -2.36. The smallest absolute Gasteiger partial charge is 0.0399 e. The maximum atomic E-state index is 2.56. The van der Waals surface area contributed by atoms with Crippen LogP contribution < -0.4 is 4.90 Å². The van der Waals surface area contributed by atoms with Gasteiger partial charge in [-0.05, 0) is 36.6 Å². The van der Waals surface area contributed by atoms with Crippen molar-refractivity contribution in [2.45, 2.75) is 33.6 Å². The summed E-state index contributed by atoms with van der Waals surface area (Å²) >= 11 is 0. The second-order valence-electron chi connectivity index (χ2n) is 5.09. The first-order valence-electron chi connectivity index (χ1n) is 7.37. The minimum atomic E-state index is 1.14. The lowest BCUT2D eigenvalue weighted by molar-refractivity contribution is 0.271. The highest BCUT2D eigenvalue weighted by atomic mass is 15.3. The topological polar surface area (TPSA) is 6.48 Å². The SMILES string of the molecule is CCc1ccc(N2CCN(CC)CC2)c(CC)c1. The molecule has 0 bridgehead atoms. The van der Waals surface area contributed by atoms with Crippen LogP contribution in [0.3, 0.4) is 0 Å². The molecule has 1 fully saturated rings. The molecule has 1 aliphatic rings. The van der Waals surface area contributed by atoms with Gasteiger partial charge in [0.2, 0.25) is 0 Å². The van der Waals surface area contributed by atoms with Gasteiger partial charge in [0.15, 0.2) is 0 Å². The third kappa shape index (κ3) is 2.86. The quantitative estimate of drug-likeness (QED) is 0.806. The zero-order valence-electron chi connectivity index (χ0n) is 12.1. The summed E-state index contributed by atoms with van der Waals surface area (Å²) in [6.07, 6.45) is 2.27. The lowest BCUT2D eigenvalue weighted by atomic mass is 10.0. The third-order valence-electron chi connectivity index (χ3n) is 4.09. The molecular weight excluding hydrogens is 220 g/mol. The molecule has 0 spiro atoms. The van der Waals surface area contributed by atoms with E-state index in [-0.39, 0.29) is 0 Å². The molecule has 0 unspecified atom stereocenters. The highest BCUT2D eigenvalue weighted by Gasteiger charge is 2.17. The molecule has 1 aromatic carbocycles. The van der Waals surface area contributed by atoms with E-state index in [1.54, 1.807) is 0 Å². The Hall–Kier alpha value is -1.02. The zero-order chi connectivity index (χ0) is 13.0. The number of hydrogen-bond acceptors (Lipinski definition) is 2. The van der Waals surface area contributed by atoms with E-state index in [1.807, 2.05) is 0 Å². The van der Waals surface area contributed by atoms with E-state index in [0.29, 0.717) is 0 Å². The Morgan fingerprint density at radius 2 is 1.67 bits per heavy atom.